The number of hydrogen-bond acceptors (Lipinski definition) is 4. The molecule has 0 aromatic heterocycles. The highest BCUT2D eigenvalue weighted by atomic mass is 79.9. The zero-order valence-electron chi connectivity index (χ0n) is 15.2. The first-order valence-corrected chi connectivity index (χ1v) is 9.01. The molecule has 2 aromatic rings. The van der Waals surface area contributed by atoms with Gasteiger partial charge in [0.05, 0.1) is 31.1 Å². The molecule has 0 unspecified atom stereocenters. The van der Waals surface area contributed by atoms with Crippen molar-refractivity contribution in [3.8, 4) is 5.75 Å². The number of benzene rings is 2. The van der Waals surface area contributed by atoms with Crippen molar-refractivity contribution in [3.05, 3.63) is 75.4 Å². The van der Waals surface area contributed by atoms with E-state index >= 15 is 0 Å². The number of halogens is 1. The third kappa shape index (κ3) is 3.66. The van der Waals surface area contributed by atoms with E-state index in [-0.39, 0.29) is 17.1 Å². The smallest absolute Gasteiger partial charge is 0.340 e. The van der Waals surface area contributed by atoms with E-state index in [2.05, 4.69) is 15.9 Å². The minimum Gasteiger partial charge on any atom is -0.497 e. The van der Waals surface area contributed by atoms with E-state index in [0.29, 0.717) is 17.1 Å². The summed E-state index contributed by atoms with van der Waals surface area (Å²) in [6.45, 7) is 1.73. The summed E-state index contributed by atoms with van der Waals surface area (Å²) in [4.78, 5) is 27.1. The molecule has 1 aliphatic rings. The van der Waals surface area contributed by atoms with Gasteiger partial charge in [-0.15, -0.1) is 0 Å². The Hall–Kier alpha value is -2.86. The molecule has 0 atom stereocenters. The van der Waals surface area contributed by atoms with E-state index in [4.69, 9.17) is 9.47 Å². The van der Waals surface area contributed by atoms with Gasteiger partial charge in [0, 0.05) is 10.2 Å². The zero-order chi connectivity index (χ0) is 19.6. The van der Waals surface area contributed by atoms with Gasteiger partial charge in [0.25, 0.3) is 5.91 Å². The average Bonchev–Trinajstić information content (AvgIpc) is 2.91. The molecule has 0 spiro atoms. The summed E-state index contributed by atoms with van der Waals surface area (Å²) in [5.74, 6) is -0.166. The molecule has 2 aromatic carbocycles. The minimum atomic E-state index is -0.549. The summed E-state index contributed by atoms with van der Waals surface area (Å²) < 4.78 is 11.0. The fourth-order valence-electron chi connectivity index (χ4n) is 3.00. The molecule has 3 rings (SSSR count). The summed E-state index contributed by atoms with van der Waals surface area (Å²) in [5, 5.41) is 0. The highest BCUT2D eigenvalue weighted by Crippen LogP contribution is 2.36. The summed E-state index contributed by atoms with van der Waals surface area (Å²) in [6, 6.07) is 14.6. The molecule has 0 saturated carbocycles. The zero-order valence-corrected chi connectivity index (χ0v) is 16.7. The number of methoxy groups -OCH3 is 2. The fraction of sp³-hybridized carbons (Fsp3) is 0.143. The van der Waals surface area contributed by atoms with Gasteiger partial charge in [-0.25, -0.2) is 4.79 Å². The molecule has 138 valence electrons. The summed E-state index contributed by atoms with van der Waals surface area (Å²) in [6.07, 6.45) is 1.68. The normalized spacial score (nSPS) is 15.5. The van der Waals surface area contributed by atoms with Crippen molar-refractivity contribution in [3.63, 3.8) is 0 Å². The van der Waals surface area contributed by atoms with Crippen LogP contribution < -0.4 is 9.64 Å². The fourth-order valence-corrected chi connectivity index (χ4v) is 3.39. The summed E-state index contributed by atoms with van der Waals surface area (Å²) >= 11 is 3.42. The lowest BCUT2D eigenvalue weighted by Gasteiger charge is -2.18. The monoisotopic (exact) mass is 427 g/mol. The van der Waals surface area contributed by atoms with Gasteiger partial charge in [-0.2, -0.15) is 0 Å². The molecule has 0 radical (unpaired) electrons. The number of esters is 1. The van der Waals surface area contributed by atoms with Crippen molar-refractivity contribution >= 4 is 39.6 Å². The van der Waals surface area contributed by atoms with Crippen LogP contribution in [0.5, 0.6) is 5.75 Å². The largest absolute Gasteiger partial charge is 0.497 e. The molecule has 0 aliphatic carbocycles. The maximum atomic E-state index is 13.2. The minimum absolute atomic E-state index is 0.255. The summed E-state index contributed by atoms with van der Waals surface area (Å²) in [7, 11) is 2.88. The Morgan fingerprint density at radius 2 is 1.85 bits per heavy atom. The molecule has 0 bridgehead atoms. The van der Waals surface area contributed by atoms with Crippen LogP contribution >= 0.6 is 15.9 Å². The Balaban J connectivity index is 2.14. The number of hydrogen-bond donors (Lipinski definition) is 0. The highest BCUT2D eigenvalue weighted by molar-refractivity contribution is 9.10. The Kier molecular flexibility index (Phi) is 5.46. The third-order valence-electron chi connectivity index (χ3n) is 4.26. The number of ether oxygens (including phenoxy) is 2. The van der Waals surface area contributed by atoms with Gasteiger partial charge >= 0.3 is 5.97 Å². The van der Waals surface area contributed by atoms with Gasteiger partial charge in [0.15, 0.2) is 0 Å². The molecule has 6 heteroatoms. The molecule has 1 aliphatic heterocycles. The molecule has 1 heterocycles. The second-order valence-corrected chi connectivity index (χ2v) is 6.82. The lowest BCUT2D eigenvalue weighted by molar-refractivity contribution is -0.136. The Morgan fingerprint density at radius 3 is 2.52 bits per heavy atom. The average molecular weight is 428 g/mol. The number of carbonyl (C=O) groups is 2. The predicted molar refractivity (Wildman–Crippen MR) is 107 cm³/mol. The van der Waals surface area contributed by atoms with Gasteiger partial charge in [-0.3, -0.25) is 9.69 Å². The standard InChI is InChI=1S/C21H18BrNO4/c1-13-19(21(25)27-3)18(11-14-6-4-9-17(10-14)26-2)20(24)23(13)16-8-5-7-15(22)12-16/h4-12H,1-3H3/b18-11-. The predicted octanol–water partition coefficient (Wildman–Crippen LogP) is 4.33. The van der Waals surface area contributed by atoms with Crippen molar-refractivity contribution in [1.82, 2.24) is 0 Å². The van der Waals surface area contributed by atoms with Crippen LogP contribution in [0.15, 0.2) is 69.8 Å². The number of nitrogens with zero attached hydrogens (tertiary/aromatic N) is 1. The number of anilines is 1. The third-order valence-corrected chi connectivity index (χ3v) is 4.75. The Bertz CT molecular complexity index is 978. The van der Waals surface area contributed by atoms with Crippen LogP contribution in [0.2, 0.25) is 0 Å². The second-order valence-electron chi connectivity index (χ2n) is 5.91. The van der Waals surface area contributed by atoms with Crippen LogP contribution in [0.25, 0.3) is 6.08 Å². The molecular weight excluding hydrogens is 410 g/mol. The van der Waals surface area contributed by atoms with Gasteiger partial charge in [-0.05, 0) is 48.9 Å². The highest BCUT2D eigenvalue weighted by Gasteiger charge is 2.37. The topological polar surface area (TPSA) is 55.8 Å². The Morgan fingerprint density at radius 1 is 1.11 bits per heavy atom. The number of carbonyl (C=O) groups excluding carboxylic acids is 2. The van der Waals surface area contributed by atoms with Crippen LogP contribution in [0, 0.1) is 0 Å². The van der Waals surface area contributed by atoms with E-state index in [0.717, 1.165) is 10.0 Å². The quantitative estimate of drug-likeness (QED) is 0.537. The maximum absolute atomic E-state index is 13.2. The van der Waals surface area contributed by atoms with Gasteiger partial charge < -0.3 is 9.47 Å². The molecular formula is C21H18BrNO4. The lowest BCUT2D eigenvalue weighted by atomic mass is 10.0. The number of amides is 1. The molecule has 0 saturated heterocycles. The van der Waals surface area contributed by atoms with Gasteiger partial charge in [0.1, 0.15) is 5.75 Å². The molecule has 0 N–H and O–H groups in total. The second kappa shape index (κ2) is 7.80. The first-order valence-electron chi connectivity index (χ1n) is 8.21. The SMILES string of the molecule is COC(=O)C1=C(C)N(c2cccc(Br)c2)C(=O)/C1=C\c1cccc(OC)c1. The van der Waals surface area contributed by atoms with Crippen molar-refractivity contribution in [2.24, 2.45) is 0 Å². The first kappa shape index (κ1) is 18.9. The summed E-state index contributed by atoms with van der Waals surface area (Å²) in [5.41, 5.74) is 2.49. The Labute approximate surface area is 166 Å². The molecule has 27 heavy (non-hydrogen) atoms. The van der Waals surface area contributed by atoms with E-state index in [1.165, 1.54) is 12.0 Å². The molecule has 5 nitrogen and oxygen atoms in total. The van der Waals surface area contributed by atoms with E-state index in [9.17, 15) is 9.59 Å². The first-order chi connectivity index (χ1) is 13.0. The van der Waals surface area contributed by atoms with Crippen LogP contribution in [0.4, 0.5) is 5.69 Å². The lowest BCUT2D eigenvalue weighted by Crippen LogP contribution is -2.24. The number of rotatable bonds is 4. The van der Waals surface area contributed by atoms with Gasteiger partial charge in [-0.1, -0.05) is 34.1 Å². The van der Waals surface area contributed by atoms with E-state index < -0.39 is 5.97 Å². The van der Waals surface area contributed by atoms with Crippen LogP contribution in [0.1, 0.15) is 12.5 Å². The van der Waals surface area contributed by atoms with Crippen LogP contribution in [0.3, 0.4) is 0 Å². The molecule has 1 amide bonds. The van der Waals surface area contributed by atoms with Crippen LogP contribution in [-0.4, -0.2) is 26.1 Å². The van der Waals surface area contributed by atoms with Crippen molar-refractivity contribution in [1.29, 1.82) is 0 Å². The van der Waals surface area contributed by atoms with Crippen molar-refractivity contribution in [2.75, 3.05) is 19.1 Å². The number of allylic oxidation sites excluding steroid dienone is 1. The van der Waals surface area contributed by atoms with E-state index in [1.807, 2.05) is 42.5 Å². The molecule has 0 fully saturated rings. The van der Waals surface area contributed by atoms with E-state index in [1.54, 1.807) is 26.2 Å². The van der Waals surface area contributed by atoms with Crippen molar-refractivity contribution < 1.29 is 19.1 Å². The maximum Gasteiger partial charge on any atom is 0.340 e. The van der Waals surface area contributed by atoms with Crippen molar-refractivity contribution in [2.45, 2.75) is 6.92 Å². The van der Waals surface area contributed by atoms with Gasteiger partial charge in [0.2, 0.25) is 0 Å². The van der Waals surface area contributed by atoms with Crippen LogP contribution in [-0.2, 0) is 14.3 Å².